The Balaban J connectivity index is 2.87. The third kappa shape index (κ3) is 2.36. The summed E-state index contributed by atoms with van der Waals surface area (Å²) in [5.41, 5.74) is 1.20. The van der Waals surface area contributed by atoms with Crippen molar-refractivity contribution in [2.75, 3.05) is 6.61 Å². The summed E-state index contributed by atoms with van der Waals surface area (Å²) in [5, 5.41) is 8.72. The quantitative estimate of drug-likeness (QED) is 0.765. The number of hydrogen-bond acceptors (Lipinski definition) is 1. The van der Waals surface area contributed by atoms with Gasteiger partial charge in [-0.3, -0.25) is 0 Å². The van der Waals surface area contributed by atoms with E-state index in [4.69, 9.17) is 5.11 Å². The molecule has 1 nitrogen and oxygen atoms in total. The first-order valence-corrected chi connectivity index (χ1v) is 3.82. The fourth-order valence-electron chi connectivity index (χ4n) is 0.956. The fraction of sp³-hybridized carbons (Fsp3) is 0.200. The highest BCUT2D eigenvalue weighted by Crippen LogP contribution is 2.20. The van der Waals surface area contributed by atoms with Gasteiger partial charge < -0.3 is 5.11 Å². The minimum Gasteiger partial charge on any atom is -0.392 e. The van der Waals surface area contributed by atoms with Gasteiger partial charge in [0, 0.05) is 5.56 Å². The van der Waals surface area contributed by atoms with Gasteiger partial charge in [-0.2, -0.15) is 0 Å². The van der Waals surface area contributed by atoms with Gasteiger partial charge in [-0.05, 0) is 11.1 Å². The summed E-state index contributed by atoms with van der Waals surface area (Å²) in [6.45, 7) is 3.42. The Morgan fingerprint density at radius 2 is 1.85 bits per heavy atom. The van der Waals surface area contributed by atoms with Crippen LogP contribution in [0.2, 0.25) is 0 Å². The maximum Gasteiger partial charge on any atom is 0.263 e. The Hall–Kier alpha value is -1.22. The molecule has 0 saturated carbocycles. The lowest BCUT2D eigenvalue weighted by Gasteiger charge is -2.03. The van der Waals surface area contributed by atoms with Crippen molar-refractivity contribution < 1.29 is 13.9 Å². The van der Waals surface area contributed by atoms with Crippen LogP contribution in [0.5, 0.6) is 0 Å². The lowest BCUT2D eigenvalue weighted by Crippen LogP contribution is -1.89. The Morgan fingerprint density at radius 1 is 1.31 bits per heavy atom. The van der Waals surface area contributed by atoms with Crippen LogP contribution in [-0.4, -0.2) is 11.7 Å². The lowest BCUT2D eigenvalue weighted by molar-refractivity contribution is 0.151. The molecule has 0 unspecified atom stereocenters. The lowest BCUT2D eigenvalue weighted by atomic mass is 10.1. The second-order valence-electron chi connectivity index (χ2n) is 2.68. The molecule has 0 spiro atoms. The summed E-state index contributed by atoms with van der Waals surface area (Å²) in [4.78, 5) is 0. The Kier molecular flexibility index (Phi) is 3.14. The summed E-state index contributed by atoms with van der Waals surface area (Å²) in [7, 11) is 0. The van der Waals surface area contributed by atoms with E-state index in [0.29, 0.717) is 11.1 Å². The maximum absolute atomic E-state index is 12.1. The van der Waals surface area contributed by atoms with Crippen LogP contribution < -0.4 is 0 Å². The van der Waals surface area contributed by atoms with E-state index in [1.807, 2.05) is 0 Å². The molecule has 0 bridgehead atoms. The molecule has 0 saturated heterocycles. The number of aliphatic hydroxyl groups excluding tert-OH is 1. The van der Waals surface area contributed by atoms with Gasteiger partial charge in [0.25, 0.3) is 6.43 Å². The zero-order chi connectivity index (χ0) is 9.84. The SMILES string of the molecule is C=C(CO)c1ccc(C(F)F)cc1. The third-order valence-electron chi connectivity index (χ3n) is 1.76. The Morgan fingerprint density at radius 3 is 2.23 bits per heavy atom. The fourth-order valence-corrected chi connectivity index (χ4v) is 0.956. The zero-order valence-electron chi connectivity index (χ0n) is 7.00. The Bertz CT molecular complexity index is 290. The molecule has 0 atom stereocenters. The number of alkyl halides is 2. The van der Waals surface area contributed by atoms with E-state index in [1.165, 1.54) is 24.3 Å². The van der Waals surface area contributed by atoms with Crippen molar-refractivity contribution in [3.8, 4) is 0 Å². The van der Waals surface area contributed by atoms with Crippen LogP contribution in [0.4, 0.5) is 8.78 Å². The summed E-state index contributed by atoms with van der Waals surface area (Å²) >= 11 is 0. The second kappa shape index (κ2) is 4.14. The molecule has 0 radical (unpaired) electrons. The van der Waals surface area contributed by atoms with E-state index in [0.717, 1.165) is 0 Å². The highest BCUT2D eigenvalue weighted by atomic mass is 19.3. The molecule has 1 aromatic carbocycles. The monoisotopic (exact) mass is 184 g/mol. The third-order valence-corrected chi connectivity index (χ3v) is 1.76. The van der Waals surface area contributed by atoms with Crippen molar-refractivity contribution >= 4 is 5.57 Å². The molecule has 70 valence electrons. The van der Waals surface area contributed by atoms with Gasteiger partial charge in [0.15, 0.2) is 0 Å². The van der Waals surface area contributed by atoms with Crippen LogP contribution >= 0.6 is 0 Å². The minimum atomic E-state index is -2.45. The normalized spacial score (nSPS) is 10.5. The average molecular weight is 184 g/mol. The smallest absolute Gasteiger partial charge is 0.263 e. The number of aliphatic hydroxyl groups is 1. The summed E-state index contributed by atoms with van der Waals surface area (Å²) in [5.74, 6) is 0. The van der Waals surface area contributed by atoms with Gasteiger partial charge in [0.1, 0.15) is 0 Å². The van der Waals surface area contributed by atoms with Gasteiger partial charge in [0.2, 0.25) is 0 Å². The van der Waals surface area contributed by atoms with Crippen molar-refractivity contribution in [3.05, 3.63) is 42.0 Å². The van der Waals surface area contributed by atoms with Crippen LogP contribution in [0, 0.1) is 0 Å². The van der Waals surface area contributed by atoms with Crippen LogP contribution in [0.25, 0.3) is 5.57 Å². The van der Waals surface area contributed by atoms with E-state index < -0.39 is 6.43 Å². The topological polar surface area (TPSA) is 20.2 Å². The first-order chi connectivity index (χ1) is 6.15. The van der Waals surface area contributed by atoms with Crippen molar-refractivity contribution in [2.24, 2.45) is 0 Å². The number of rotatable bonds is 3. The first-order valence-electron chi connectivity index (χ1n) is 3.82. The van der Waals surface area contributed by atoms with Crippen molar-refractivity contribution in [3.63, 3.8) is 0 Å². The minimum absolute atomic E-state index is 0.0190. The molecule has 0 aliphatic rings. The molecule has 0 heterocycles. The number of hydrogen-bond donors (Lipinski definition) is 1. The molecular weight excluding hydrogens is 174 g/mol. The van der Waals surface area contributed by atoms with E-state index in [1.54, 1.807) is 0 Å². The molecule has 0 aliphatic heterocycles. The number of benzene rings is 1. The molecule has 0 amide bonds. The maximum atomic E-state index is 12.1. The first kappa shape index (κ1) is 9.86. The van der Waals surface area contributed by atoms with Crippen LogP contribution in [0.1, 0.15) is 17.6 Å². The van der Waals surface area contributed by atoms with E-state index in [-0.39, 0.29) is 12.2 Å². The highest BCUT2D eigenvalue weighted by molar-refractivity contribution is 5.63. The molecule has 13 heavy (non-hydrogen) atoms. The van der Waals surface area contributed by atoms with Crippen molar-refractivity contribution in [1.29, 1.82) is 0 Å². The summed E-state index contributed by atoms with van der Waals surface area (Å²) < 4.78 is 24.2. The molecule has 0 fully saturated rings. The number of halogens is 2. The zero-order valence-corrected chi connectivity index (χ0v) is 7.00. The summed E-state index contributed by atoms with van der Waals surface area (Å²) in [6, 6.07) is 5.72. The van der Waals surface area contributed by atoms with Crippen LogP contribution in [0.3, 0.4) is 0 Å². The average Bonchev–Trinajstić information content (AvgIpc) is 2.17. The molecule has 3 heteroatoms. The van der Waals surface area contributed by atoms with E-state index >= 15 is 0 Å². The predicted octanol–water partition coefficient (Wildman–Crippen LogP) is 2.63. The molecule has 0 aliphatic carbocycles. The van der Waals surface area contributed by atoms with Gasteiger partial charge in [0.05, 0.1) is 6.61 Å². The second-order valence-corrected chi connectivity index (χ2v) is 2.68. The Labute approximate surface area is 75.3 Å². The molecule has 0 aromatic heterocycles. The summed E-state index contributed by atoms with van der Waals surface area (Å²) in [6.07, 6.45) is -2.45. The van der Waals surface area contributed by atoms with Crippen LogP contribution in [-0.2, 0) is 0 Å². The van der Waals surface area contributed by atoms with Gasteiger partial charge in [-0.15, -0.1) is 0 Å². The van der Waals surface area contributed by atoms with Crippen LogP contribution in [0.15, 0.2) is 30.8 Å². The van der Waals surface area contributed by atoms with Gasteiger partial charge in [-0.25, -0.2) is 8.78 Å². The van der Waals surface area contributed by atoms with Gasteiger partial charge >= 0.3 is 0 Å². The van der Waals surface area contributed by atoms with E-state index in [2.05, 4.69) is 6.58 Å². The van der Waals surface area contributed by atoms with Crippen molar-refractivity contribution in [1.82, 2.24) is 0 Å². The molecule has 1 rings (SSSR count). The van der Waals surface area contributed by atoms with E-state index in [9.17, 15) is 8.78 Å². The predicted molar refractivity (Wildman–Crippen MR) is 47.5 cm³/mol. The molecule has 1 N–H and O–H groups in total. The standard InChI is InChI=1S/C10H10F2O/c1-7(6-13)8-2-4-9(5-3-8)10(11)12/h2-5,10,13H,1,6H2. The van der Waals surface area contributed by atoms with Gasteiger partial charge in [-0.1, -0.05) is 30.8 Å². The highest BCUT2D eigenvalue weighted by Gasteiger charge is 2.06. The molecule has 1 aromatic rings. The molecular formula is C10H10F2O. The van der Waals surface area contributed by atoms with Crippen molar-refractivity contribution in [2.45, 2.75) is 6.43 Å². The largest absolute Gasteiger partial charge is 0.392 e.